The van der Waals surface area contributed by atoms with Gasteiger partial charge in [0, 0.05) is 5.56 Å². The van der Waals surface area contributed by atoms with Gasteiger partial charge in [0.05, 0.1) is 18.7 Å². The number of rotatable bonds is 7. The molecule has 0 saturated heterocycles. The summed E-state index contributed by atoms with van der Waals surface area (Å²) in [6.07, 6.45) is 0.827. The lowest BCUT2D eigenvalue weighted by atomic mass is 9.97. The Kier molecular flexibility index (Phi) is 6.33. The number of benzene rings is 2. The minimum atomic E-state index is -0.632. The molecule has 152 valence electrons. The van der Waals surface area contributed by atoms with Gasteiger partial charge in [0.2, 0.25) is 5.88 Å². The van der Waals surface area contributed by atoms with Crippen LogP contribution in [0.15, 0.2) is 59.4 Å². The molecule has 0 unspecified atom stereocenters. The van der Waals surface area contributed by atoms with E-state index in [0.717, 1.165) is 16.6 Å². The van der Waals surface area contributed by atoms with Crippen LogP contribution in [0.4, 0.5) is 0 Å². The number of nitriles is 1. The maximum absolute atomic E-state index is 13.3. The molecule has 0 fully saturated rings. The number of nitrogens with zero attached hydrogens (tertiary/aromatic N) is 2. The minimum Gasteiger partial charge on any atom is -0.494 e. The molecule has 6 heteroatoms. The minimum absolute atomic E-state index is 0.0421. The van der Waals surface area contributed by atoms with E-state index in [1.165, 1.54) is 6.92 Å². The van der Waals surface area contributed by atoms with Gasteiger partial charge < -0.3 is 9.84 Å². The van der Waals surface area contributed by atoms with Gasteiger partial charge in [-0.3, -0.25) is 14.2 Å². The zero-order valence-electron chi connectivity index (χ0n) is 16.9. The Bertz CT molecular complexity index is 1170. The molecule has 3 rings (SSSR count). The van der Waals surface area contributed by atoms with Crippen molar-refractivity contribution in [2.75, 3.05) is 6.61 Å². The number of carbonyl (C=O) groups is 1. The summed E-state index contributed by atoms with van der Waals surface area (Å²) in [6, 6.07) is 17.6. The average Bonchev–Trinajstić information content (AvgIpc) is 2.76. The fourth-order valence-electron chi connectivity index (χ4n) is 3.23. The van der Waals surface area contributed by atoms with E-state index >= 15 is 0 Å². The molecule has 3 aromatic rings. The molecule has 0 saturated carbocycles. The lowest BCUT2D eigenvalue weighted by molar-refractivity contribution is 0.103. The highest BCUT2D eigenvalue weighted by atomic mass is 16.5. The smallest absolute Gasteiger partial charge is 0.271 e. The highest BCUT2D eigenvalue weighted by Gasteiger charge is 2.25. The van der Waals surface area contributed by atoms with Gasteiger partial charge in [0.15, 0.2) is 5.78 Å². The van der Waals surface area contributed by atoms with Crippen LogP contribution in [-0.2, 0) is 6.54 Å². The molecular weight excluding hydrogens is 380 g/mol. The molecule has 1 aromatic heterocycles. The molecule has 0 bridgehead atoms. The maximum atomic E-state index is 13.3. The van der Waals surface area contributed by atoms with Crippen LogP contribution in [0.2, 0.25) is 0 Å². The molecule has 0 aliphatic rings. The van der Waals surface area contributed by atoms with Crippen molar-refractivity contribution in [1.29, 1.82) is 5.26 Å². The molecular formula is C24H22N2O4. The van der Waals surface area contributed by atoms with Crippen molar-refractivity contribution in [3.05, 3.63) is 92.8 Å². The summed E-state index contributed by atoms with van der Waals surface area (Å²) in [5.41, 5.74) is 0.370. The summed E-state index contributed by atoms with van der Waals surface area (Å²) in [4.78, 5) is 26.0. The summed E-state index contributed by atoms with van der Waals surface area (Å²) in [5, 5.41) is 20.4. The average molecular weight is 402 g/mol. The second kappa shape index (κ2) is 9.10. The van der Waals surface area contributed by atoms with Gasteiger partial charge in [-0.25, -0.2) is 0 Å². The van der Waals surface area contributed by atoms with E-state index in [2.05, 4.69) is 0 Å². The first kappa shape index (κ1) is 20.9. The van der Waals surface area contributed by atoms with Crippen LogP contribution in [0.5, 0.6) is 11.6 Å². The number of hydrogen-bond donors (Lipinski definition) is 1. The Morgan fingerprint density at radius 2 is 1.90 bits per heavy atom. The van der Waals surface area contributed by atoms with Gasteiger partial charge in [0.1, 0.15) is 17.4 Å². The lowest BCUT2D eigenvalue weighted by Gasteiger charge is -2.16. The molecule has 0 amide bonds. The number of aromatic hydroxyl groups is 1. The van der Waals surface area contributed by atoms with Crippen molar-refractivity contribution in [2.24, 2.45) is 0 Å². The number of hydrogen-bond acceptors (Lipinski definition) is 5. The second-order valence-electron chi connectivity index (χ2n) is 6.89. The quantitative estimate of drug-likeness (QED) is 0.607. The van der Waals surface area contributed by atoms with Crippen LogP contribution in [0.1, 0.15) is 46.0 Å². The highest BCUT2D eigenvalue weighted by Crippen LogP contribution is 2.27. The fourth-order valence-corrected chi connectivity index (χ4v) is 3.23. The van der Waals surface area contributed by atoms with Gasteiger partial charge in [-0.15, -0.1) is 0 Å². The maximum Gasteiger partial charge on any atom is 0.271 e. The van der Waals surface area contributed by atoms with Crippen LogP contribution in [-0.4, -0.2) is 22.1 Å². The summed E-state index contributed by atoms with van der Waals surface area (Å²) in [5.74, 6) is -0.395. The first-order chi connectivity index (χ1) is 14.5. The Balaban J connectivity index is 2.13. The predicted molar refractivity (Wildman–Crippen MR) is 113 cm³/mol. The third-order valence-electron chi connectivity index (χ3n) is 4.78. The van der Waals surface area contributed by atoms with E-state index < -0.39 is 17.2 Å². The number of ether oxygens (including phenoxy) is 1. The van der Waals surface area contributed by atoms with E-state index in [4.69, 9.17) is 4.74 Å². The third kappa shape index (κ3) is 4.11. The van der Waals surface area contributed by atoms with Crippen LogP contribution in [0.3, 0.4) is 0 Å². The van der Waals surface area contributed by atoms with Gasteiger partial charge in [-0.05, 0) is 36.6 Å². The lowest BCUT2D eigenvalue weighted by Crippen LogP contribution is -2.27. The standard InChI is InChI=1S/C24H22N2O4/c1-3-12-30-19-11-7-10-18(13-19)22(27)21-16(2)20(14-25)23(28)26(24(21)29)15-17-8-5-4-6-9-17/h4-11,13,29H,3,12,15H2,1-2H3. The van der Waals surface area contributed by atoms with Crippen molar-refractivity contribution in [3.8, 4) is 17.7 Å². The number of ketones is 1. The zero-order valence-corrected chi connectivity index (χ0v) is 16.9. The van der Waals surface area contributed by atoms with Crippen LogP contribution in [0.25, 0.3) is 0 Å². The van der Waals surface area contributed by atoms with Gasteiger partial charge in [0.25, 0.3) is 5.56 Å². The SMILES string of the molecule is CCCOc1cccc(C(=O)c2c(C)c(C#N)c(=O)n(Cc3ccccc3)c2O)c1. The molecule has 0 aliphatic heterocycles. The fraction of sp³-hybridized carbons (Fsp3) is 0.208. The van der Waals surface area contributed by atoms with Gasteiger partial charge in [-0.2, -0.15) is 5.26 Å². The largest absolute Gasteiger partial charge is 0.494 e. The summed E-state index contributed by atoms with van der Waals surface area (Å²) in [6.45, 7) is 4.04. The van der Waals surface area contributed by atoms with E-state index in [9.17, 15) is 20.0 Å². The van der Waals surface area contributed by atoms with Crippen molar-refractivity contribution >= 4 is 5.78 Å². The van der Waals surface area contributed by atoms with E-state index in [1.807, 2.05) is 31.2 Å². The first-order valence-electron chi connectivity index (χ1n) is 9.65. The van der Waals surface area contributed by atoms with E-state index in [1.54, 1.807) is 36.4 Å². The van der Waals surface area contributed by atoms with Crippen LogP contribution >= 0.6 is 0 Å². The molecule has 2 aromatic carbocycles. The molecule has 0 radical (unpaired) electrons. The zero-order chi connectivity index (χ0) is 21.7. The van der Waals surface area contributed by atoms with Crippen molar-refractivity contribution in [1.82, 2.24) is 4.57 Å². The molecule has 1 heterocycles. The summed E-state index contributed by atoms with van der Waals surface area (Å²) in [7, 11) is 0. The Morgan fingerprint density at radius 1 is 1.17 bits per heavy atom. The molecule has 6 nitrogen and oxygen atoms in total. The highest BCUT2D eigenvalue weighted by molar-refractivity contribution is 6.11. The summed E-state index contributed by atoms with van der Waals surface area (Å²) < 4.78 is 6.65. The molecule has 0 atom stereocenters. The predicted octanol–water partition coefficient (Wildman–Crippen LogP) is 3.80. The number of aromatic nitrogens is 1. The number of carbonyl (C=O) groups excluding carboxylic acids is 1. The van der Waals surface area contributed by atoms with E-state index in [0.29, 0.717) is 17.9 Å². The molecule has 0 spiro atoms. The second-order valence-corrected chi connectivity index (χ2v) is 6.89. The van der Waals surface area contributed by atoms with Crippen molar-refractivity contribution in [2.45, 2.75) is 26.8 Å². The Hall–Kier alpha value is -3.85. The number of pyridine rings is 1. The molecule has 1 N–H and O–H groups in total. The van der Waals surface area contributed by atoms with Gasteiger partial charge in [-0.1, -0.05) is 49.4 Å². The van der Waals surface area contributed by atoms with E-state index in [-0.39, 0.29) is 23.2 Å². The topological polar surface area (TPSA) is 92.3 Å². The van der Waals surface area contributed by atoms with Crippen molar-refractivity contribution < 1.29 is 14.6 Å². The molecule has 30 heavy (non-hydrogen) atoms. The van der Waals surface area contributed by atoms with Crippen LogP contribution < -0.4 is 10.3 Å². The van der Waals surface area contributed by atoms with Gasteiger partial charge >= 0.3 is 0 Å². The molecule has 0 aliphatic carbocycles. The Morgan fingerprint density at radius 3 is 2.57 bits per heavy atom. The Labute approximate surface area is 174 Å². The van der Waals surface area contributed by atoms with Crippen molar-refractivity contribution in [3.63, 3.8) is 0 Å². The van der Waals surface area contributed by atoms with Crippen LogP contribution in [0, 0.1) is 18.3 Å². The summed E-state index contributed by atoms with van der Waals surface area (Å²) >= 11 is 0. The monoisotopic (exact) mass is 402 g/mol. The third-order valence-corrected chi connectivity index (χ3v) is 4.78. The normalized spacial score (nSPS) is 10.4. The first-order valence-corrected chi connectivity index (χ1v) is 9.65.